The lowest BCUT2D eigenvalue weighted by molar-refractivity contribution is -0.123. The van der Waals surface area contributed by atoms with Crippen LogP contribution in [0.4, 0.5) is 0 Å². The van der Waals surface area contributed by atoms with E-state index >= 15 is 0 Å². The standard InChI is InChI=1S/C22H21ClN4O2/c23-17-10-8-15(9-11-17)19-13-20(27(25-19)18-6-2-1-3-7-18)22(29)26-12-4-5-16(14-26)21(24)28/h1-3,6-11,13,16H,4-5,12,14H2,(H2,24,28). The summed E-state index contributed by atoms with van der Waals surface area (Å²) >= 11 is 6.00. The minimum absolute atomic E-state index is 0.160. The van der Waals surface area contributed by atoms with Crippen molar-refractivity contribution >= 4 is 23.4 Å². The predicted molar refractivity (Wildman–Crippen MR) is 112 cm³/mol. The van der Waals surface area contributed by atoms with Gasteiger partial charge in [0.1, 0.15) is 5.69 Å². The third-order valence-corrected chi connectivity index (χ3v) is 5.43. The summed E-state index contributed by atoms with van der Waals surface area (Å²) in [6.45, 7) is 0.934. The number of hydrogen-bond donors (Lipinski definition) is 1. The number of primary amides is 1. The second kappa shape index (κ2) is 8.09. The van der Waals surface area contributed by atoms with Gasteiger partial charge in [-0.25, -0.2) is 4.68 Å². The molecular weight excluding hydrogens is 388 g/mol. The number of halogens is 1. The molecule has 0 spiro atoms. The van der Waals surface area contributed by atoms with Crippen LogP contribution in [0, 0.1) is 5.92 Å². The number of carbonyl (C=O) groups is 2. The fourth-order valence-electron chi connectivity index (χ4n) is 3.62. The van der Waals surface area contributed by atoms with Gasteiger partial charge in [-0.3, -0.25) is 9.59 Å². The molecule has 2 N–H and O–H groups in total. The average Bonchev–Trinajstić information content (AvgIpc) is 3.20. The number of aromatic nitrogens is 2. The van der Waals surface area contributed by atoms with Gasteiger partial charge in [0.05, 0.1) is 17.3 Å². The van der Waals surface area contributed by atoms with Crippen LogP contribution in [0.2, 0.25) is 5.02 Å². The Morgan fingerprint density at radius 2 is 1.79 bits per heavy atom. The van der Waals surface area contributed by atoms with E-state index in [0.717, 1.165) is 17.7 Å². The summed E-state index contributed by atoms with van der Waals surface area (Å²) in [6, 6.07) is 18.6. The lowest BCUT2D eigenvalue weighted by Crippen LogP contribution is -2.44. The average molecular weight is 409 g/mol. The zero-order valence-electron chi connectivity index (χ0n) is 15.8. The van der Waals surface area contributed by atoms with E-state index in [1.54, 1.807) is 27.8 Å². The molecule has 2 amide bonds. The number of carbonyl (C=O) groups excluding carboxylic acids is 2. The van der Waals surface area contributed by atoms with E-state index in [2.05, 4.69) is 5.10 Å². The summed E-state index contributed by atoms with van der Waals surface area (Å²) in [5, 5.41) is 5.32. The van der Waals surface area contributed by atoms with Crippen molar-refractivity contribution in [3.63, 3.8) is 0 Å². The molecule has 1 fully saturated rings. The molecule has 2 heterocycles. The van der Waals surface area contributed by atoms with Crippen molar-refractivity contribution in [3.8, 4) is 16.9 Å². The van der Waals surface area contributed by atoms with Gasteiger partial charge in [-0.2, -0.15) is 5.10 Å². The Kier molecular flexibility index (Phi) is 5.36. The van der Waals surface area contributed by atoms with Gasteiger partial charge < -0.3 is 10.6 Å². The number of rotatable bonds is 4. The largest absolute Gasteiger partial charge is 0.369 e. The quantitative estimate of drug-likeness (QED) is 0.717. The van der Waals surface area contributed by atoms with Crippen molar-refractivity contribution in [2.45, 2.75) is 12.8 Å². The molecule has 0 radical (unpaired) electrons. The molecule has 7 heteroatoms. The molecule has 0 bridgehead atoms. The minimum Gasteiger partial charge on any atom is -0.369 e. The second-order valence-corrected chi connectivity index (χ2v) is 7.60. The Morgan fingerprint density at radius 3 is 2.48 bits per heavy atom. The minimum atomic E-state index is -0.360. The molecule has 1 aliphatic rings. The van der Waals surface area contributed by atoms with Crippen molar-refractivity contribution in [3.05, 3.63) is 71.4 Å². The topological polar surface area (TPSA) is 81.2 Å². The summed E-state index contributed by atoms with van der Waals surface area (Å²) in [5.41, 5.74) is 8.26. The number of hydrogen-bond acceptors (Lipinski definition) is 3. The number of benzene rings is 2. The van der Waals surface area contributed by atoms with Gasteiger partial charge in [0.2, 0.25) is 5.91 Å². The van der Waals surface area contributed by atoms with Gasteiger partial charge in [-0.1, -0.05) is 41.9 Å². The Labute approximate surface area is 173 Å². The van der Waals surface area contributed by atoms with Crippen LogP contribution >= 0.6 is 11.6 Å². The molecule has 148 valence electrons. The number of nitrogens with two attached hydrogens (primary N) is 1. The van der Waals surface area contributed by atoms with E-state index in [1.807, 2.05) is 42.5 Å². The summed E-state index contributed by atoms with van der Waals surface area (Å²) in [4.78, 5) is 26.7. The first-order valence-corrected chi connectivity index (χ1v) is 9.91. The maximum atomic E-state index is 13.4. The normalized spacial score (nSPS) is 16.6. The van der Waals surface area contributed by atoms with E-state index in [-0.39, 0.29) is 17.7 Å². The molecule has 1 aliphatic heterocycles. The third-order valence-electron chi connectivity index (χ3n) is 5.18. The van der Waals surface area contributed by atoms with E-state index in [0.29, 0.717) is 35.9 Å². The van der Waals surface area contributed by atoms with Crippen LogP contribution in [0.5, 0.6) is 0 Å². The van der Waals surface area contributed by atoms with Crippen LogP contribution in [0.1, 0.15) is 23.3 Å². The SMILES string of the molecule is NC(=O)C1CCCN(C(=O)c2cc(-c3ccc(Cl)cc3)nn2-c2ccccc2)C1. The van der Waals surface area contributed by atoms with Gasteiger partial charge in [0, 0.05) is 23.7 Å². The first kappa shape index (κ1) is 19.2. The molecule has 3 aromatic rings. The van der Waals surface area contributed by atoms with Crippen LogP contribution < -0.4 is 5.73 Å². The maximum Gasteiger partial charge on any atom is 0.272 e. The summed E-state index contributed by atoms with van der Waals surface area (Å²) in [7, 11) is 0. The molecule has 4 rings (SSSR count). The zero-order valence-corrected chi connectivity index (χ0v) is 16.5. The Balaban J connectivity index is 1.73. The number of piperidine rings is 1. The molecule has 1 saturated heterocycles. The zero-order chi connectivity index (χ0) is 20.4. The fourth-order valence-corrected chi connectivity index (χ4v) is 3.74. The van der Waals surface area contributed by atoms with E-state index in [1.165, 1.54) is 0 Å². The predicted octanol–water partition coefficient (Wildman–Crippen LogP) is 3.53. The van der Waals surface area contributed by atoms with Gasteiger partial charge in [0.15, 0.2) is 0 Å². The molecule has 0 saturated carbocycles. The smallest absolute Gasteiger partial charge is 0.272 e. The van der Waals surface area contributed by atoms with E-state index in [9.17, 15) is 9.59 Å². The third kappa shape index (κ3) is 4.03. The van der Waals surface area contributed by atoms with Crippen LogP contribution in [-0.4, -0.2) is 39.6 Å². The van der Waals surface area contributed by atoms with Crippen molar-refractivity contribution in [2.24, 2.45) is 11.7 Å². The van der Waals surface area contributed by atoms with Gasteiger partial charge in [-0.15, -0.1) is 0 Å². The highest BCUT2D eigenvalue weighted by atomic mass is 35.5. The molecule has 1 unspecified atom stereocenters. The van der Waals surface area contributed by atoms with Crippen LogP contribution in [0.15, 0.2) is 60.7 Å². The molecular formula is C22H21ClN4O2. The molecule has 2 aromatic carbocycles. The Bertz CT molecular complexity index is 1030. The molecule has 1 atom stereocenters. The number of likely N-dealkylation sites (tertiary alicyclic amines) is 1. The maximum absolute atomic E-state index is 13.4. The summed E-state index contributed by atoms with van der Waals surface area (Å²) < 4.78 is 1.65. The van der Waals surface area contributed by atoms with E-state index in [4.69, 9.17) is 17.3 Å². The van der Waals surface area contributed by atoms with Crippen molar-refractivity contribution in [2.75, 3.05) is 13.1 Å². The number of para-hydroxylation sites is 1. The summed E-state index contributed by atoms with van der Waals surface area (Å²) in [5.74, 6) is -0.829. The summed E-state index contributed by atoms with van der Waals surface area (Å²) in [6.07, 6.45) is 1.47. The molecule has 0 aliphatic carbocycles. The highest BCUT2D eigenvalue weighted by Crippen LogP contribution is 2.25. The molecule has 1 aromatic heterocycles. The Hall–Kier alpha value is -3.12. The van der Waals surface area contributed by atoms with E-state index < -0.39 is 0 Å². The van der Waals surface area contributed by atoms with Gasteiger partial charge in [-0.05, 0) is 43.2 Å². The lowest BCUT2D eigenvalue weighted by atomic mass is 9.97. The second-order valence-electron chi connectivity index (χ2n) is 7.16. The van der Waals surface area contributed by atoms with Gasteiger partial charge >= 0.3 is 0 Å². The monoisotopic (exact) mass is 408 g/mol. The number of nitrogens with zero attached hydrogens (tertiary/aromatic N) is 3. The Morgan fingerprint density at radius 1 is 1.07 bits per heavy atom. The van der Waals surface area contributed by atoms with Crippen molar-refractivity contribution in [1.82, 2.24) is 14.7 Å². The number of amides is 2. The lowest BCUT2D eigenvalue weighted by Gasteiger charge is -2.31. The van der Waals surface area contributed by atoms with Gasteiger partial charge in [0.25, 0.3) is 5.91 Å². The first-order valence-electron chi connectivity index (χ1n) is 9.53. The molecule has 29 heavy (non-hydrogen) atoms. The van der Waals surface area contributed by atoms with Crippen molar-refractivity contribution < 1.29 is 9.59 Å². The fraction of sp³-hybridized carbons (Fsp3) is 0.227. The van der Waals surface area contributed by atoms with Crippen LogP contribution in [0.25, 0.3) is 16.9 Å². The first-order chi connectivity index (χ1) is 14.0. The van der Waals surface area contributed by atoms with Crippen molar-refractivity contribution in [1.29, 1.82) is 0 Å². The van der Waals surface area contributed by atoms with Crippen LogP contribution in [0.3, 0.4) is 0 Å². The molecule has 6 nitrogen and oxygen atoms in total. The highest BCUT2D eigenvalue weighted by Gasteiger charge is 2.30. The highest BCUT2D eigenvalue weighted by molar-refractivity contribution is 6.30. The van der Waals surface area contributed by atoms with Crippen LogP contribution in [-0.2, 0) is 4.79 Å².